The van der Waals surface area contributed by atoms with Crippen LogP contribution >= 0.6 is 0 Å². The average molecular weight is 451 g/mol. The molecule has 2 amide bonds. The summed E-state index contributed by atoms with van der Waals surface area (Å²) in [7, 11) is 0. The van der Waals surface area contributed by atoms with Crippen LogP contribution in [-0.2, 0) is 25.5 Å². The molecule has 33 heavy (non-hydrogen) atoms. The highest BCUT2D eigenvalue weighted by Crippen LogP contribution is 2.36. The van der Waals surface area contributed by atoms with Gasteiger partial charge in [-0.2, -0.15) is 0 Å². The van der Waals surface area contributed by atoms with E-state index in [1.165, 1.54) is 5.56 Å². The molecule has 7 nitrogen and oxygen atoms in total. The van der Waals surface area contributed by atoms with Crippen molar-refractivity contribution in [2.24, 2.45) is 11.8 Å². The number of rotatable bonds is 7. The first-order valence-electron chi connectivity index (χ1n) is 11.7. The van der Waals surface area contributed by atoms with Gasteiger partial charge >= 0.3 is 5.97 Å². The molecule has 4 rings (SSSR count). The molecule has 1 aliphatic heterocycles. The number of nitrogens with one attached hydrogen (secondary N) is 1. The Morgan fingerprint density at radius 2 is 1.82 bits per heavy atom. The predicted octanol–water partition coefficient (Wildman–Crippen LogP) is 3.96. The Morgan fingerprint density at radius 3 is 2.64 bits per heavy atom. The Morgan fingerprint density at radius 1 is 1.03 bits per heavy atom. The summed E-state index contributed by atoms with van der Waals surface area (Å²) >= 11 is 0. The van der Waals surface area contributed by atoms with E-state index in [9.17, 15) is 14.4 Å². The molecule has 0 aromatic heterocycles. The van der Waals surface area contributed by atoms with Gasteiger partial charge in [-0.1, -0.05) is 37.1 Å². The number of carbonyl (C=O) groups is 3. The zero-order valence-electron chi connectivity index (χ0n) is 18.9. The predicted molar refractivity (Wildman–Crippen MR) is 125 cm³/mol. The van der Waals surface area contributed by atoms with Crippen LogP contribution in [0.25, 0.3) is 0 Å². The summed E-state index contributed by atoms with van der Waals surface area (Å²) in [4.78, 5) is 40.1. The highest BCUT2D eigenvalue weighted by atomic mass is 16.6. The van der Waals surface area contributed by atoms with Gasteiger partial charge in [0.2, 0.25) is 11.8 Å². The van der Waals surface area contributed by atoms with Crippen molar-refractivity contribution >= 4 is 29.2 Å². The second-order valence-electron chi connectivity index (χ2n) is 8.48. The first-order valence-corrected chi connectivity index (χ1v) is 11.7. The number of hydrogen-bond donors (Lipinski definition) is 1. The summed E-state index contributed by atoms with van der Waals surface area (Å²) in [5, 5.41) is 2.95. The third-order valence-electron chi connectivity index (χ3n) is 6.34. The second-order valence-corrected chi connectivity index (χ2v) is 8.48. The Kier molecular flexibility index (Phi) is 7.27. The summed E-state index contributed by atoms with van der Waals surface area (Å²) in [6.45, 7) is 2.51. The van der Waals surface area contributed by atoms with E-state index in [1.807, 2.05) is 23.1 Å². The topological polar surface area (TPSA) is 84.9 Å². The summed E-state index contributed by atoms with van der Waals surface area (Å²) in [6, 6.07) is 14.9. The number of carbonyl (C=O) groups excluding carboxylic acids is 3. The Labute approximate surface area is 194 Å². The molecule has 1 saturated carbocycles. The first-order chi connectivity index (χ1) is 16.1. The number of para-hydroxylation sites is 1. The monoisotopic (exact) mass is 450 g/mol. The highest BCUT2D eigenvalue weighted by Gasteiger charge is 2.39. The summed E-state index contributed by atoms with van der Waals surface area (Å²) in [5.41, 5.74) is 2.73. The van der Waals surface area contributed by atoms with Crippen molar-refractivity contribution in [3.05, 3.63) is 54.1 Å². The Bertz CT molecular complexity index is 1020. The van der Waals surface area contributed by atoms with Crippen LogP contribution in [0.2, 0.25) is 0 Å². The SMILES string of the molecule is CCOC(=O)COc1cccc(NC(=O)C2CCCCC2C(=O)N2CCc3ccccc32)c1. The van der Waals surface area contributed by atoms with Crippen molar-refractivity contribution in [2.45, 2.75) is 39.0 Å². The Hall–Kier alpha value is -3.35. The molecule has 0 bridgehead atoms. The van der Waals surface area contributed by atoms with Crippen LogP contribution in [-0.4, -0.2) is 37.5 Å². The largest absolute Gasteiger partial charge is 0.482 e. The fraction of sp³-hybridized carbons (Fsp3) is 0.423. The minimum atomic E-state index is -0.445. The normalized spacial score (nSPS) is 19.5. The first kappa shape index (κ1) is 22.8. The van der Waals surface area contributed by atoms with E-state index in [1.54, 1.807) is 31.2 Å². The van der Waals surface area contributed by atoms with Gasteiger partial charge in [-0.3, -0.25) is 9.59 Å². The average Bonchev–Trinajstić information content (AvgIpc) is 3.27. The van der Waals surface area contributed by atoms with Crippen molar-refractivity contribution in [3.8, 4) is 5.75 Å². The zero-order valence-corrected chi connectivity index (χ0v) is 18.9. The molecular weight excluding hydrogens is 420 g/mol. The fourth-order valence-electron chi connectivity index (χ4n) is 4.75. The maximum absolute atomic E-state index is 13.5. The number of fused-ring (bicyclic) bond motifs is 1. The maximum atomic E-state index is 13.5. The van der Waals surface area contributed by atoms with E-state index in [0.29, 0.717) is 31.0 Å². The van der Waals surface area contributed by atoms with E-state index in [-0.39, 0.29) is 30.3 Å². The molecule has 7 heteroatoms. The van der Waals surface area contributed by atoms with Crippen LogP contribution < -0.4 is 15.0 Å². The van der Waals surface area contributed by atoms with Crippen molar-refractivity contribution in [2.75, 3.05) is 30.0 Å². The van der Waals surface area contributed by atoms with Crippen LogP contribution in [0.1, 0.15) is 38.2 Å². The molecule has 1 aliphatic carbocycles. The number of anilines is 2. The lowest BCUT2D eigenvalue weighted by Gasteiger charge is -2.32. The molecule has 0 radical (unpaired) electrons. The maximum Gasteiger partial charge on any atom is 0.344 e. The van der Waals surface area contributed by atoms with Crippen molar-refractivity contribution in [1.29, 1.82) is 0 Å². The van der Waals surface area contributed by atoms with Gasteiger partial charge in [0, 0.05) is 29.9 Å². The smallest absolute Gasteiger partial charge is 0.344 e. The summed E-state index contributed by atoms with van der Waals surface area (Å²) in [5.74, 6) is -0.782. The summed E-state index contributed by atoms with van der Waals surface area (Å²) < 4.78 is 10.3. The molecule has 1 fully saturated rings. The van der Waals surface area contributed by atoms with Crippen molar-refractivity contribution in [3.63, 3.8) is 0 Å². The standard InChI is InChI=1S/C26H30N2O5/c1-2-32-24(29)17-33-20-10-7-9-19(16-20)27-25(30)21-11-4-5-12-22(21)26(31)28-15-14-18-8-3-6-13-23(18)28/h3,6-10,13,16,21-22H,2,4-5,11-12,14-15,17H2,1H3,(H,27,30). The molecular formula is C26H30N2O5. The minimum Gasteiger partial charge on any atom is -0.482 e. The minimum absolute atomic E-state index is 0.0475. The zero-order chi connectivity index (χ0) is 23.2. The molecule has 2 aliphatic rings. The van der Waals surface area contributed by atoms with Gasteiger partial charge < -0.3 is 19.7 Å². The van der Waals surface area contributed by atoms with E-state index in [4.69, 9.17) is 9.47 Å². The van der Waals surface area contributed by atoms with E-state index in [0.717, 1.165) is 31.4 Å². The molecule has 1 N–H and O–H groups in total. The molecule has 1 heterocycles. The van der Waals surface area contributed by atoms with Gasteiger partial charge in [-0.15, -0.1) is 0 Å². The Balaban J connectivity index is 1.42. The third kappa shape index (κ3) is 5.35. The molecule has 2 unspecified atom stereocenters. The number of amides is 2. The van der Waals surface area contributed by atoms with Crippen LogP contribution in [0.15, 0.2) is 48.5 Å². The highest BCUT2D eigenvalue weighted by molar-refractivity contribution is 6.02. The lowest BCUT2D eigenvalue weighted by Crippen LogP contribution is -2.43. The lowest BCUT2D eigenvalue weighted by molar-refractivity contribution is -0.145. The third-order valence-corrected chi connectivity index (χ3v) is 6.34. The number of hydrogen-bond acceptors (Lipinski definition) is 5. The number of ether oxygens (including phenoxy) is 2. The van der Waals surface area contributed by atoms with Gasteiger partial charge in [0.05, 0.1) is 12.5 Å². The number of esters is 1. The van der Waals surface area contributed by atoms with Crippen molar-refractivity contribution < 1.29 is 23.9 Å². The number of benzene rings is 2. The van der Waals surface area contributed by atoms with E-state index < -0.39 is 5.97 Å². The quantitative estimate of drug-likeness (QED) is 0.646. The molecule has 2 aromatic carbocycles. The van der Waals surface area contributed by atoms with Gasteiger partial charge in [-0.25, -0.2) is 4.79 Å². The van der Waals surface area contributed by atoms with Gasteiger partial charge in [0.15, 0.2) is 6.61 Å². The molecule has 2 aromatic rings. The molecule has 0 saturated heterocycles. The van der Waals surface area contributed by atoms with Gasteiger partial charge in [-0.05, 0) is 49.9 Å². The molecule has 2 atom stereocenters. The van der Waals surface area contributed by atoms with Gasteiger partial charge in [0.25, 0.3) is 0 Å². The van der Waals surface area contributed by atoms with Crippen LogP contribution in [0, 0.1) is 11.8 Å². The van der Waals surface area contributed by atoms with Crippen molar-refractivity contribution in [1.82, 2.24) is 0 Å². The summed E-state index contributed by atoms with van der Waals surface area (Å²) in [6.07, 6.45) is 4.15. The van der Waals surface area contributed by atoms with E-state index in [2.05, 4.69) is 11.4 Å². The van der Waals surface area contributed by atoms with Crippen LogP contribution in [0.4, 0.5) is 11.4 Å². The molecule has 174 valence electrons. The lowest BCUT2D eigenvalue weighted by atomic mass is 9.77. The van der Waals surface area contributed by atoms with Crippen LogP contribution in [0.3, 0.4) is 0 Å². The number of nitrogens with zero attached hydrogens (tertiary/aromatic N) is 1. The van der Waals surface area contributed by atoms with Crippen LogP contribution in [0.5, 0.6) is 5.75 Å². The second kappa shape index (κ2) is 10.5. The van der Waals surface area contributed by atoms with E-state index >= 15 is 0 Å². The fourth-order valence-corrected chi connectivity index (χ4v) is 4.75. The van der Waals surface area contributed by atoms with Gasteiger partial charge in [0.1, 0.15) is 5.75 Å². The molecule has 0 spiro atoms.